The Labute approximate surface area is 158 Å². The molecule has 0 aliphatic heterocycles. The number of hydrogen-bond acceptors (Lipinski definition) is 5. The SMILES string of the molecule is C[C@H](N=[N+]=[N-])C(=O)Cc1ccc(COC(=O)N(CCl)CCN(C)C)cc1. The first kappa shape index (κ1) is 21.8. The van der Waals surface area contributed by atoms with Gasteiger partial charge in [-0.25, -0.2) is 4.79 Å². The fourth-order valence-corrected chi connectivity index (χ4v) is 2.22. The van der Waals surface area contributed by atoms with Crippen LogP contribution in [0.3, 0.4) is 0 Å². The molecule has 1 amide bonds. The fraction of sp³-hybridized carbons (Fsp3) is 0.529. The number of Topliss-reactive ketones (excluding diaryl/α,β-unsaturated/α-hetero) is 1. The van der Waals surface area contributed by atoms with Crippen LogP contribution in [-0.4, -0.2) is 60.9 Å². The summed E-state index contributed by atoms with van der Waals surface area (Å²) in [5.74, 6) is -0.152. The van der Waals surface area contributed by atoms with E-state index in [0.717, 1.165) is 11.1 Å². The number of benzene rings is 1. The highest BCUT2D eigenvalue weighted by Crippen LogP contribution is 2.10. The molecule has 0 aromatic heterocycles. The number of alkyl halides is 1. The van der Waals surface area contributed by atoms with E-state index in [9.17, 15) is 9.59 Å². The first-order chi connectivity index (χ1) is 12.4. The zero-order chi connectivity index (χ0) is 19.5. The topological polar surface area (TPSA) is 98.6 Å². The van der Waals surface area contributed by atoms with Crippen molar-refractivity contribution < 1.29 is 14.3 Å². The fourth-order valence-electron chi connectivity index (χ4n) is 2.00. The second kappa shape index (κ2) is 11.4. The summed E-state index contributed by atoms with van der Waals surface area (Å²) in [6.07, 6.45) is -0.283. The van der Waals surface area contributed by atoms with Crippen LogP contribution in [0, 0.1) is 0 Å². The summed E-state index contributed by atoms with van der Waals surface area (Å²) in [5, 5.41) is 3.39. The molecule has 9 heteroatoms. The van der Waals surface area contributed by atoms with Crippen LogP contribution < -0.4 is 0 Å². The zero-order valence-electron chi connectivity index (χ0n) is 15.3. The molecule has 0 fully saturated rings. The minimum absolute atomic E-state index is 0.0666. The molecule has 0 spiro atoms. The highest BCUT2D eigenvalue weighted by molar-refractivity contribution is 6.18. The van der Waals surface area contributed by atoms with E-state index in [0.29, 0.717) is 13.1 Å². The van der Waals surface area contributed by atoms with Gasteiger partial charge in [0.2, 0.25) is 0 Å². The lowest BCUT2D eigenvalue weighted by atomic mass is 10.0. The van der Waals surface area contributed by atoms with Gasteiger partial charge in [-0.15, -0.1) is 11.6 Å². The van der Waals surface area contributed by atoms with E-state index in [1.807, 2.05) is 19.0 Å². The van der Waals surface area contributed by atoms with E-state index in [2.05, 4.69) is 10.0 Å². The predicted octanol–water partition coefficient (Wildman–Crippen LogP) is 3.19. The third-order valence-corrected chi connectivity index (χ3v) is 3.96. The molecule has 0 saturated carbocycles. The molecular formula is C17H24ClN5O3. The molecule has 0 saturated heterocycles. The molecule has 1 aromatic rings. The van der Waals surface area contributed by atoms with Gasteiger partial charge >= 0.3 is 6.09 Å². The first-order valence-electron chi connectivity index (χ1n) is 8.14. The molecule has 8 nitrogen and oxygen atoms in total. The lowest BCUT2D eigenvalue weighted by Gasteiger charge is -2.21. The monoisotopic (exact) mass is 381 g/mol. The van der Waals surface area contributed by atoms with Gasteiger partial charge in [-0.1, -0.05) is 29.4 Å². The number of likely N-dealkylation sites (N-methyl/N-ethyl adjacent to an activating group) is 1. The van der Waals surface area contributed by atoms with Crippen molar-refractivity contribution in [2.45, 2.75) is 26.0 Å². The van der Waals surface area contributed by atoms with Crippen LogP contribution in [0.15, 0.2) is 29.4 Å². The van der Waals surface area contributed by atoms with Crippen molar-refractivity contribution in [3.8, 4) is 0 Å². The van der Waals surface area contributed by atoms with E-state index < -0.39 is 12.1 Å². The van der Waals surface area contributed by atoms with Crippen LogP contribution in [-0.2, 0) is 22.6 Å². The third-order valence-electron chi connectivity index (χ3n) is 3.67. The largest absolute Gasteiger partial charge is 0.445 e. The highest BCUT2D eigenvalue weighted by atomic mass is 35.5. The molecule has 142 valence electrons. The molecular weight excluding hydrogens is 358 g/mol. The van der Waals surface area contributed by atoms with Gasteiger partial charge in [0.1, 0.15) is 12.4 Å². The number of azide groups is 1. The van der Waals surface area contributed by atoms with E-state index >= 15 is 0 Å². The van der Waals surface area contributed by atoms with Crippen molar-refractivity contribution in [2.24, 2.45) is 5.11 Å². The smallest absolute Gasteiger partial charge is 0.411 e. The normalized spacial score (nSPS) is 11.6. The van der Waals surface area contributed by atoms with Crippen molar-refractivity contribution in [1.82, 2.24) is 9.80 Å². The maximum absolute atomic E-state index is 12.0. The van der Waals surface area contributed by atoms with E-state index in [1.165, 1.54) is 4.90 Å². The Bertz CT molecular complexity index is 644. The number of amides is 1. The minimum atomic E-state index is -0.690. The Hall–Kier alpha value is -2.28. The molecule has 0 bridgehead atoms. The Morgan fingerprint density at radius 2 is 1.85 bits per heavy atom. The average molecular weight is 382 g/mol. The Balaban J connectivity index is 2.52. The van der Waals surface area contributed by atoms with Crippen molar-refractivity contribution in [3.05, 3.63) is 45.8 Å². The summed E-state index contributed by atoms with van der Waals surface area (Å²) in [6, 6.07) is 6.53. The molecule has 0 heterocycles. The number of hydrogen-bond donors (Lipinski definition) is 0. The highest BCUT2D eigenvalue weighted by Gasteiger charge is 2.14. The van der Waals surface area contributed by atoms with Gasteiger partial charge in [0.25, 0.3) is 0 Å². The lowest BCUT2D eigenvalue weighted by molar-refractivity contribution is -0.119. The molecule has 0 aliphatic rings. The van der Waals surface area contributed by atoms with Crippen molar-refractivity contribution in [3.63, 3.8) is 0 Å². The number of halogens is 1. The van der Waals surface area contributed by atoms with Gasteiger partial charge in [0, 0.05) is 24.4 Å². The molecule has 0 N–H and O–H groups in total. The molecule has 1 aromatic carbocycles. The van der Waals surface area contributed by atoms with Crippen molar-refractivity contribution >= 4 is 23.5 Å². The van der Waals surface area contributed by atoms with E-state index in [4.69, 9.17) is 21.9 Å². The maximum atomic E-state index is 12.0. The summed E-state index contributed by atoms with van der Waals surface area (Å²) >= 11 is 5.79. The van der Waals surface area contributed by atoms with E-state index in [-0.39, 0.29) is 24.8 Å². The number of rotatable bonds is 10. The van der Waals surface area contributed by atoms with Crippen LogP contribution in [0.25, 0.3) is 10.4 Å². The van der Waals surface area contributed by atoms with E-state index in [1.54, 1.807) is 31.2 Å². The van der Waals surface area contributed by atoms with Crippen molar-refractivity contribution in [1.29, 1.82) is 0 Å². The van der Waals surface area contributed by atoms with Crippen LogP contribution in [0.4, 0.5) is 4.79 Å². The van der Waals surface area contributed by atoms with Gasteiger partial charge in [-0.3, -0.25) is 9.69 Å². The summed E-state index contributed by atoms with van der Waals surface area (Å²) in [7, 11) is 3.83. The number of ether oxygens (including phenoxy) is 1. The molecule has 1 atom stereocenters. The maximum Gasteiger partial charge on any atom is 0.411 e. The first-order valence-corrected chi connectivity index (χ1v) is 8.68. The predicted molar refractivity (Wildman–Crippen MR) is 99.9 cm³/mol. The molecule has 0 unspecified atom stereocenters. The van der Waals surface area contributed by atoms with Gasteiger partial charge in [-0.2, -0.15) is 0 Å². The summed E-state index contributed by atoms with van der Waals surface area (Å²) in [6.45, 7) is 2.87. The van der Waals surface area contributed by atoms with Gasteiger partial charge < -0.3 is 9.64 Å². The van der Waals surface area contributed by atoms with Crippen LogP contribution in [0.2, 0.25) is 0 Å². The number of ketones is 1. The molecule has 0 radical (unpaired) electrons. The number of nitrogens with zero attached hydrogens (tertiary/aromatic N) is 5. The molecule has 1 rings (SSSR count). The van der Waals surface area contributed by atoms with Gasteiger partial charge in [0.05, 0.1) is 12.0 Å². The Morgan fingerprint density at radius 3 is 2.38 bits per heavy atom. The van der Waals surface area contributed by atoms with Gasteiger partial charge in [0.15, 0.2) is 0 Å². The third kappa shape index (κ3) is 7.74. The quantitative estimate of drug-likeness (QED) is 0.204. The molecule has 0 aliphatic carbocycles. The lowest BCUT2D eigenvalue weighted by Crippen LogP contribution is -2.36. The number of carbonyl (C=O) groups is 2. The van der Waals surface area contributed by atoms with Crippen molar-refractivity contribution in [2.75, 3.05) is 33.2 Å². The Morgan fingerprint density at radius 1 is 1.23 bits per heavy atom. The number of carbonyl (C=O) groups excluding carboxylic acids is 2. The summed E-state index contributed by atoms with van der Waals surface area (Å²) in [4.78, 5) is 29.9. The summed E-state index contributed by atoms with van der Waals surface area (Å²) < 4.78 is 5.27. The average Bonchev–Trinajstić information content (AvgIpc) is 2.61. The van der Waals surface area contributed by atoms with Crippen LogP contribution >= 0.6 is 11.6 Å². The standard InChI is InChI=1S/C17H24ClN5O3/c1-13(20-21-19)16(24)10-14-4-6-15(7-5-14)11-26-17(25)23(12-18)9-8-22(2)3/h4-7,13H,8-12H2,1-3H3/t13-/m0/s1. The van der Waals surface area contributed by atoms with Crippen LogP contribution in [0.1, 0.15) is 18.1 Å². The summed E-state index contributed by atoms with van der Waals surface area (Å²) in [5.41, 5.74) is 9.97. The van der Waals surface area contributed by atoms with Gasteiger partial charge in [-0.05, 0) is 37.7 Å². The molecule has 26 heavy (non-hydrogen) atoms. The Kier molecular flexibility index (Phi) is 9.51. The zero-order valence-corrected chi connectivity index (χ0v) is 16.0. The minimum Gasteiger partial charge on any atom is -0.445 e. The van der Waals surface area contributed by atoms with Crippen LogP contribution in [0.5, 0.6) is 0 Å². The second-order valence-corrected chi connectivity index (χ2v) is 6.32. The second-order valence-electron chi connectivity index (χ2n) is 6.08.